The van der Waals surface area contributed by atoms with Gasteiger partial charge < -0.3 is 19.2 Å². The topological polar surface area (TPSA) is 104 Å². The maximum atomic E-state index is 13.2. The van der Waals surface area contributed by atoms with Crippen molar-refractivity contribution in [3.05, 3.63) is 69.0 Å². The predicted molar refractivity (Wildman–Crippen MR) is 130 cm³/mol. The third-order valence-electron chi connectivity index (χ3n) is 6.35. The zero-order chi connectivity index (χ0) is 24.2. The van der Waals surface area contributed by atoms with Crippen molar-refractivity contribution in [3.63, 3.8) is 0 Å². The number of para-hydroxylation sites is 1. The van der Waals surface area contributed by atoms with Crippen LogP contribution in [0.25, 0.3) is 17.0 Å². The summed E-state index contributed by atoms with van der Waals surface area (Å²) < 4.78 is 7.96. The molecule has 1 N–H and O–H groups in total. The Morgan fingerprint density at radius 3 is 2.88 bits per heavy atom. The van der Waals surface area contributed by atoms with Crippen molar-refractivity contribution in [3.8, 4) is 6.07 Å². The monoisotopic (exact) mass is 459 g/mol. The highest BCUT2D eigenvalue weighted by atomic mass is 16.5. The van der Waals surface area contributed by atoms with Gasteiger partial charge in [-0.15, -0.1) is 0 Å². The standard InChI is InChI=1S/C26H29N5O3/c1-4-30(16-24-28-23-10-6-5-9-22(23)25(32)29-24)26(33)20(14-27)13-19-12-17(2)31(18(19)3)15-21-8-7-11-34-21/h5-6,9-10,12-13,21H,4,7-8,11,15-16H2,1-3H3,(H,28,29,32)/b20-13+. The Morgan fingerprint density at radius 1 is 1.38 bits per heavy atom. The van der Waals surface area contributed by atoms with Crippen molar-refractivity contribution >= 4 is 22.9 Å². The second-order valence-electron chi connectivity index (χ2n) is 8.59. The fraction of sp³-hybridized carbons (Fsp3) is 0.385. The molecule has 0 radical (unpaired) electrons. The molecule has 0 spiro atoms. The van der Waals surface area contributed by atoms with Crippen LogP contribution < -0.4 is 5.56 Å². The van der Waals surface area contributed by atoms with Gasteiger partial charge >= 0.3 is 0 Å². The molecule has 1 fully saturated rings. The Bertz CT molecular complexity index is 1340. The summed E-state index contributed by atoms with van der Waals surface area (Å²) in [6, 6.07) is 11.1. The highest BCUT2D eigenvalue weighted by Gasteiger charge is 2.21. The van der Waals surface area contributed by atoms with E-state index in [0.717, 1.165) is 42.9 Å². The fourth-order valence-corrected chi connectivity index (χ4v) is 4.43. The number of aromatic nitrogens is 3. The van der Waals surface area contributed by atoms with Crippen LogP contribution in [0, 0.1) is 25.2 Å². The summed E-state index contributed by atoms with van der Waals surface area (Å²) in [5.41, 5.74) is 3.26. The van der Waals surface area contributed by atoms with Gasteiger partial charge in [-0.05, 0) is 63.5 Å². The number of carbonyl (C=O) groups excluding carboxylic acids is 1. The van der Waals surface area contributed by atoms with Crippen molar-refractivity contribution in [1.29, 1.82) is 5.26 Å². The number of nitriles is 1. The van der Waals surface area contributed by atoms with Crippen LogP contribution in [0.1, 0.15) is 42.5 Å². The van der Waals surface area contributed by atoms with E-state index in [1.165, 1.54) is 4.90 Å². The SMILES string of the molecule is CCN(Cc1nc2ccccc2c(=O)[nH]1)C(=O)/C(C#N)=C/c1cc(C)n(CC2CCCO2)c1C. The molecule has 3 aromatic rings. The molecule has 176 valence electrons. The lowest BCUT2D eigenvalue weighted by atomic mass is 10.1. The molecule has 3 heterocycles. The number of nitrogens with one attached hydrogen (secondary N) is 1. The van der Waals surface area contributed by atoms with E-state index in [0.29, 0.717) is 23.3 Å². The third kappa shape index (κ3) is 4.80. The number of aromatic amines is 1. The van der Waals surface area contributed by atoms with Crippen molar-refractivity contribution in [1.82, 2.24) is 19.4 Å². The molecule has 1 aliphatic heterocycles. The lowest BCUT2D eigenvalue weighted by Gasteiger charge is -2.20. The summed E-state index contributed by atoms with van der Waals surface area (Å²) in [5.74, 6) is -0.0179. The second-order valence-corrected chi connectivity index (χ2v) is 8.59. The molecule has 1 aromatic carbocycles. The highest BCUT2D eigenvalue weighted by Crippen LogP contribution is 2.22. The predicted octanol–water partition coefficient (Wildman–Crippen LogP) is 3.48. The summed E-state index contributed by atoms with van der Waals surface area (Å²) in [7, 11) is 0. The van der Waals surface area contributed by atoms with Gasteiger partial charge in [-0.2, -0.15) is 5.26 Å². The number of ether oxygens (including phenoxy) is 1. The van der Waals surface area contributed by atoms with E-state index >= 15 is 0 Å². The largest absolute Gasteiger partial charge is 0.376 e. The van der Waals surface area contributed by atoms with Crippen LogP contribution in [0.5, 0.6) is 0 Å². The summed E-state index contributed by atoms with van der Waals surface area (Å²) in [4.78, 5) is 34.4. The molecule has 0 aliphatic carbocycles. The van der Waals surface area contributed by atoms with E-state index in [1.54, 1.807) is 24.3 Å². The molecular formula is C26H29N5O3. The first-order valence-corrected chi connectivity index (χ1v) is 11.6. The van der Waals surface area contributed by atoms with E-state index in [-0.39, 0.29) is 23.8 Å². The average molecular weight is 460 g/mol. The van der Waals surface area contributed by atoms with E-state index in [9.17, 15) is 14.9 Å². The molecule has 4 rings (SSSR count). The lowest BCUT2D eigenvalue weighted by molar-refractivity contribution is -0.127. The molecule has 2 aromatic heterocycles. The van der Waals surface area contributed by atoms with Crippen LogP contribution in [-0.4, -0.2) is 44.6 Å². The number of benzene rings is 1. The van der Waals surface area contributed by atoms with Gasteiger partial charge in [0.2, 0.25) is 0 Å². The Balaban J connectivity index is 1.58. The molecule has 0 bridgehead atoms. The molecule has 1 saturated heterocycles. The first-order valence-electron chi connectivity index (χ1n) is 11.6. The van der Waals surface area contributed by atoms with Crippen LogP contribution in [0.2, 0.25) is 0 Å². The zero-order valence-corrected chi connectivity index (χ0v) is 19.8. The van der Waals surface area contributed by atoms with Crippen molar-refractivity contribution in [2.75, 3.05) is 13.2 Å². The van der Waals surface area contributed by atoms with E-state index < -0.39 is 5.91 Å². The van der Waals surface area contributed by atoms with Crippen LogP contribution in [0.3, 0.4) is 0 Å². The first-order chi connectivity index (χ1) is 16.4. The maximum absolute atomic E-state index is 13.2. The number of nitrogens with zero attached hydrogens (tertiary/aromatic N) is 4. The van der Waals surface area contributed by atoms with E-state index in [2.05, 4.69) is 20.6 Å². The van der Waals surface area contributed by atoms with E-state index in [1.807, 2.05) is 32.9 Å². The van der Waals surface area contributed by atoms with E-state index in [4.69, 9.17) is 4.74 Å². The Morgan fingerprint density at radius 2 is 2.18 bits per heavy atom. The van der Waals surface area contributed by atoms with Gasteiger partial charge in [0.25, 0.3) is 11.5 Å². The second kappa shape index (κ2) is 10.1. The third-order valence-corrected chi connectivity index (χ3v) is 6.35. The number of amides is 1. The van der Waals surface area contributed by atoms with Gasteiger partial charge in [0, 0.05) is 31.1 Å². The Hall–Kier alpha value is -3.70. The number of aryl methyl sites for hydroxylation is 1. The Kier molecular flexibility index (Phi) is 6.94. The minimum absolute atomic E-state index is 0.0438. The van der Waals surface area contributed by atoms with Gasteiger partial charge in [0.05, 0.1) is 23.6 Å². The first kappa shape index (κ1) is 23.5. The molecule has 0 saturated carbocycles. The normalized spacial score (nSPS) is 16.1. The number of carbonyl (C=O) groups is 1. The lowest BCUT2D eigenvalue weighted by Crippen LogP contribution is -2.32. The molecule has 34 heavy (non-hydrogen) atoms. The smallest absolute Gasteiger partial charge is 0.264 e. The molecule has 1 aliphatic rings. The van der Waals surface area contributed by atoms with Gasteiger partial charge in [0.15, 0.2) is 0 Å². The average Bonchev–Trinajstić information content (AvgIpc) is 3.44. The van der Waals surface area contributed by atoms with Gasteiger partial charge in [-0.3, -0.25) is 9.59 Å². The number of hydrogen-bond acceptors (Lipinski definition) is 5. The van der Waals surface area contributed by atoms with Gasteiger partial charge in [-0.1, -0.05) is 12.1 Å². The number of rotatable bonds is 7. The molecule has 8 heteroatoms. The Labute approximate surface area is 198 Å². The van der Waals surface area contributed by atoms with Crippen LogP contribution in [0.4, 0.5) is 0 Å². The van der Waals surface area contributed by atoms with Crippen molar-refractivity contribution in [2.24, 2.45) is 0 Å². The highest BCUT2D eigenvalue weighted by molar-refractivity contribution is 6.01. The van der Waals surface area contributed by atoms with Crippen LogP contribution in [-0.2, 0) is 22.6 Å². The molecular weight excluding hydrogens is 430 g/mol. The fourth-order valence-electron chi connectivity index (χ4n) is 4.43. The van der Waals surface area contributed by atoms with Gasteiger partial charge in [-0.25, -0.2) is 4.98 Å². The molecule has 1 atom stereocenters. The summed E-state index contributed by atoms with van der Waals surface area (Å²) in [5, 5.41) is 10.3. The van der Waals surface area contributed by atoms with Crippen LogP contribution >= 0.6 is 0 Å². The molecule has 1 unspecified atom stereocenters. The number of hydrogen-bond donors (Lipinski definition) is 1. The summed E-state index contributed by atoms with van der Waals surface area (Å²) in [6.07, 6.45) is 3.97. The van der Waals surface area contributed by atoms with Crippen molar-refractivity contribution < 1.29 is 9.53 Å². The number of likely N-dealkylation sites (N-methyl/N-ethyl adjacent to an activating group) is 1. The van der Waals surface area contributed by atoms with Gasteiger partial charge in [0.1, 0.15) is 17.5 Å². The maximum Gasteiger partial charge on any atom is 0.264 e. The minimum Gasteiger partial charge on any atom is -0.376 e. The molecule has 8 nitrogen and oxygen atoms in total. The van der Waals surface area contributed by atoms with Crippen LogP contribution in [0.15, 0.2) is 40.7 Å². The number of H-pyrrole nitrogens is 1. The molecule has 1 amide bonds. The summed E-state index contributed by atoms with van der Waals surface area (Å²) >= 11 is 0. The summed E-state index contributed by atoms with van der Waals surface area (Å²) in [6.45, 7) is 7.89. The zero-order valence-electron chi connectivity index (χ0n) is 19.8. The van der Waals surface area contributed by atoms with Crippen molar-refractivity contribution in [2.45, 2.75) is 52.8 Å². The minimum atomic E-state index is -0.398. The quantitative estimate of drug-likeness (QED) is 0.430. The number of fused-ring (bicyclic) bond motifs is 1.